The third-order valence-electron chi connectivity index (χ3n) is 3.46. The van der Waals surface area contributed by atoms with Crippen LogP contribution in [0.25, 0.3) is 0 Å². The van der Waals surface area contributed by atoms with Crippen molar-refractivity contribution in [1.82, 2.24) is 9.62 Å². The molecule has 1 aliphatic rings. The lowest BCUT2D eigenvalue weighted by atomic mass is 10.2. The van der Waals surface area contributed by atoms with E-state index in [4.69, 9.17) is 0 Å². The highest BCUT2D eigenvalue weighted by Gasteiger charge is 2.39. The van der Waals surface area contributed by atoms with Gasteiger partial charge in [0.2, 0.25) is 10.0 Å². The fraction of sp³-hybridized carbons (Fsp3) is 0.600. The molecule has 21 heavy (non-hydrogen) atoms. The fourth-order valence-electron chi connectivity index (χ4n) is 2.35. The lowest BCUT2D eigenvalue weighted by molar-refractivity contribution is 0.358. The van der Waals surface area contributed by atoms with Crippen LogP contribution in [0.15, 0.2) is 23.1 Å². The highest BCUT2D eigenvalue weighted by Crippen LogP contribution is 2.33. The van der Waals surface area contributed by atoms with Crippen molar-refractivity contribution in [2.24, 2.45) is 5.92 Å². The molecule has 1 aromatic rings. The molecule has 0 aromatic heterocycles. The maximum Gasteiger partial charge on any atom is 0.246 e. The SMILES string of the molecule is CNCc1ccc(F)c(S(=O)(=O)N(CC(C)C)C2CC2)c1. The standard InChI is InChI=1S/C15H23FN2O2S/c1-11(2)10-18(13-5-6-13)21(19,20)15-8-12(9-17-3)4-7-14(15)16/h4,7-8,11,13,17H,5-6,9-10H2,1-3H3. The molecule has 0 spiro atoms. The van der Waals surface area contributed by atoms with Crippen LogP contribution >= 0.6 is 0 Å². The van der Waals surface area contributed by atoms with Crippen molar-refractivity contribution in [1.29, 1.82) is 0 Å². The molecule has 1 aromatic carbocycles. The molecular weight excluding hydrogens is 291 g/mol. The molecule has 1 aliphatic carbocycles. The summed E-state index contributed by atoms with van der Waals surface area (Å²) in [6.07, 6.45) is 1.73. The monoisotopic (exact) mass is 314 g/mol. The van der Waals surface area contributed by atoms with Gasteiger partial charge < -0.3 is 5.32 Å². The predicted octanol–water partition coefficient (Wildman–Crippen LogP) is 2.35. The molecule has 0 radical (unpaired) electrons. The average molecular weight is 314 g/mol. The van der Waals surface area contributed by atoms with Gasteiger partial charge in [-0.2, -0.15) is 4.31 Å². The minimum atomic E-state index is -3.77. The van der Waals surface area contributed by atoms with E-state index < -0.39 is 15.8 Å². The molecule has 0 heterocycles. The van der Waals surface area contributed by atoms with Crippen LogP contribution in [-0.4, -0.2) is 32.4 Å². The summed E-state index contributed by atoms with van der Waals surface area (Å²) in [5, 5.41) is 2.95. The topological polar surface area (TPSA) is 49.4 Å². The van der Waals surface area contributed by atoms with Gasteiger partial charge in [0.05, 0.1) is 0 Å². The van der Waals surface area contributed by atoms with Crippen LogP contribution in [0.5, 0.6) is 0 Å². The molecule has 0 aliphatic heterocycles. The highest BCUT2D eigenvalue weighted by atomic mass is 32.2. The minimum Gasteiger partial charge on any atom is -0.316 e. The second kappa shape index (κ2) is 6.42. The molecule has 2 rings (SSSR count). The number of halogens is 1. The number of hydrogen-bond acceptors (Lipinski definition) is 3. The van der Waals surface area contributed by atoms with Crippen LogP contribution in [-0.2, 0) is 16.6 Å². The molecule has 0 atom stereocenters. The number of benzene rings is 1. The van der Waals surface area contributed by atoms with Crippen molar-refractivity contribution in [2.75, 3.05) is 13.6 Å². The van der Waals surface area contributed by atoms with Crippen LogP contribution in [0.2, 0.25) is 0 Å². The van der Waals surface area contributed by atoms with E-state index in [0.717, 1.165) is 18.4 Å². The number of sulfonamides is 1. The Morgan fingerprint density at radius 1 is 1.38 bits per heavy atom. The first-order valence-corrected chi connectivity index (χ1v) is 8.75. The fourth-order valence-corrected chi connectivity index (χ4v) is 4.32. The van der Waals surface area contributed by atoms with E-state index in [1.807, 2.05) is 13.8 Å². The van der Waals surface area contributed by atoms with Crippen molar-refractivity contribution in [3.05, 3.63) is 29.6 Å². The zero-order chi connectivity index (χ0) is 15.6. The molecule has 1 saturated carbocycles. The number of nitrogens with zero attached hydrogens (tertiary/aromatic N) is 1. The molecule has 0 unspecified atom stereocenters. The molecule has 4 nitrogen and oxygen atoms in total. The van der Waals surface area contributed by atoms with E-state index in [9.17, 15) is 12.8 Å². The summed E-state index contributed by atoms with van der Waals surface area (Å²) in [5.74, 6) is -0.465. The van der Waals surface area contributed by atoms with Crippen LogP contribution in [0.3, 0.4) is 0 Å². The molecule has 6 heteroatoms. The summed E-state index contributed by atoms with van der Waals surface area (Å²) in [6.45, 7) is 4.89. The number of nitrogens with one attached hydrogen (secondary N) is 1. The summed E-state index contributed by atoms with van der Waals surface area (Å²) in [6, 6.07) is 4.32. The Bertz CT molecular complexity index is 598. The van der Waals surface area contributed by atoms with E-state index in [-0.39, 0.29) is 16.9 Å². The average Bonchev–Trinajstić information content (AvgIpc) is 3.22. The first-order valence-electron chi connectivity index (χ1n) is 7.31. The lowest BCUT2D eigenvalue weighted by Crippen LogP contribution is -2.36. The molecule has 0 amide bonds. The molecule has 118 valence electrons. The van der Waals surface area contributed by atoms with Gasteiger partial charge in [-0.05, 0) is 43.5 Å². The second-order valence-corrected chi connectivity index (χ2v) is 7.85. The van der Waals surface area contributed by atoms with Crippen molar-refractivity contribution in [2.45, 2.75) is 44.2 Å². The van der Waals surface area contributed by atoms with E-state index in [1.54, 1.807) is 13.1 Å². The van der Waals surface area contributed by atoms with E-state index in [1.165, 1.54) is 16.4 Å². The molecule has 1 N–H and O–H groups in total. The van der Waals surface area contributed by atoms with E-state index >= 15 is 0 Å². The quantitative estimate of drug-likeness (QED) is 0.840. The minimum absolute atomic E-state index is 0.0322. The summed E-state index contributed by atoms with van der Waals surface area (Å²) in [7, 11) is -2.00. The normalized spacial score (nSPS) is 15.9. The van der Waals surface area contributed by atoms with E-state index in [2.05, 4.69) is 5.32 Å². The zero-order valence-electron chi connectivity index (χ0n) is 12.8. The Labute approximate surface area is 126 Å². The smallest absolute Gasteiger partial charge is 0.246 e. The maximum absolute atomic E-state index is 14.1. The second-order valence-electron chi connectivity index (χ2n) is 5.99. The van der Waals surface area contributed by atoms with Gasteiger partial charge in [0, 0.05) is 19.1 Å². The Kier molecular flexibility index (Phi) is 5.01. The third-order valence-corrected chi connectivity index (χ3v) is 5.40. The van der Waals surface area contributed by atoms with Gasteiger partial charge in [0.25, 0.3) is 0 Å². The van der Waals surface area contributed by atoms with E-state index in [0.29, 0.717) is 13.1 Å². The highest BCUT2D eigenvalue weighted by molar-refractivity contribution is 7.89. The predicted molar refractivity (Wildman–Crippen MR) is 80.9 cm³/mol. The Morgan fingerprint density at radius 2 is 2.05 bits per heavy atom. The van der Waals surface area contributed by atoms with Crippen molar-refractivity contribution < 1.29 is 12.8 Å². The van der Waals surface area contributed by atoms with Gasteiger partial charge in [-0.25, -0.2) is 12.8 Å². The van der Waals surface area contributed by atoms with Crippen LogP contribution in [0.1, 0.15) is 32.3 Å². The maximum atomic E-state index is 14.1. The Morgan fingerprint density at radius 3 is 2.57 bits per heavy atom. The van der Waals surface area contributed by atoms with Crippen LogP contribution in [0, 0.1) is 11.7 Å². The van der Waals surface area contributed by atoms with Crippen LogP contribution in [0.4, 0.5) is 4.39 Å². The van der Waals surface area contributed by atoms with Gasteiger partial charge in [-0.15, -0.1) is 0 Å². The first kappa shape index (κ1) is 16.4. The zero-order valence-corrected chi connectivity index (χ0v) is 13.6. The summed E-state index contributed by atoms with van der Waals surface area (Å²) >= 11 is 0. The summed E-state index contributed by atoms with van der Waals surface area (Å²) in [4.78, 5) is -0.206. The number of hydrogen-bond donors (Lipinski definition) is 1. The van der Waals surface area contributed by atoms with Crippen molar-refractivity contribution in [3.63, 3.8) is 0 Å². The van der Waals surface area contributed by atoms with Gasteiger partial charge in [-0.1, -0.05) is 19.9 Å². The number of rotatable bonds is 7. The Balaban J connectivity index is 2.39. The summed E-state index contributed by atoms with van der Waals surface area (Å²) < 4.78 is 41.1. The summed E-state index contributed by atoms with van der Waals surface area (Å²) in [5.41, 5.74) is 0.762. The lowest BCUT2D eigenvalue weighted by Gasteiger charge is -2.24. The third kappa shape index (κ3) is 3.81. The Hall–Kier alpha value is -0.980. The van der Waals surface area contributed by atoms with Gasteiger partial charge in [0.15, 0.2) is 0 Å². The first-order chi connectivity index (χ1) is 9.86. The molecular formula is C15H23FN2O2S. The van der Waals surface area contributed by atoms with Crippen LogP contribution < -0.4 is 5.32 Å². The molecule has 0 bridgehead atoms. The molecule has 1 fully saturated rings. The van der Waals surface area contributed by atoms with Crippen molar-refractivity contribution in [3.8, 4) is 0 Å². The molecule has 0 saturated heterocycles. The largest absolute Gasteiger partial charge is 0.316 e. The van der Waals surface area contributed by atoms with Crippen molar-refractivity contribution >= 4 is 10.0 Å². The van der Waals surface area contributed by atoms with Gasteiger partial charge in [-0.3, -0.25) is 0 Å². The van der Waals surface area contributed by atoms with Gasteiger partial charge in [0.1, 0.15) is 10.7 Å². The van der Waals surface area contributed by atoms with Gasteiger partial charge >= 0.3 is 0 Å².